The maximum Gasteiger partial charge on any atom is 0.236 e. The summed E-state index contributed by atoms with van der Waals surface area (Å²) in [5.74, 6) is 0.237. The second-order valence-corrected chi connectivity index (χ2v) is 5.83. The maximum absolute atomic E-state index is 12.0. The van der Waals surface area contributed by atoms with Crippen LogP contribution in [0.5, 0.6) is 0 Å². The van der Waals surface area contributed by atoms with Crippen molar-refractivity contribution in [3.05, 3.63) is 35.4 Å². The average molecular weight is 258 g/mol. The SMILES string of the molecule is CN(C(=O)CNC1CCc2ccccc2C1)C1CC1. The van der Waals surface area contributed by atoms with Crippen molar-refractivity contribution in [2.75, 3.05) is 13.6 Å². The number of hydrogen-bond donors (Lipinski definition) is 1. The van der Waals surface area contributed by atoms with Crippen molar-refractivity contribution in [3.8, 4) is 0 Å². The van der Waals surface area contributed by atoms with Crippen LogP contribution in [0.15, 0.2) is 24.3 Å². The molecule has 1 aromatic rings. The van der Waals surface area contributed by atoms with E-state index in [1.807, 2.05) is 11.9 Å². The van der Waals surface area contributed by atoms with Gasteiger partial charge in [-0.1, -0.05) is 24.3 Å². The first kappa shape index (κ1) is 12.7. The molecule has 1 saturated carbocycles. The molecule has 0 radical (unpaired) electrons. The summed E-state index contributed by atoms with van der Waals surface area (Å²) in [6.07, 6.45) is 5.67. The summed E-state index contributed by atoms with van der Waals surface area (Å²) in [5, 5.41) is 3.43. The third-order valence-corrected chi connectivity index (χ3v) is 4.38. The van der Waals surface area contributed by atoms with Crippen LogP contribution >= 0.6 is 0 Å². The van der Waals surface area contributed by atoms with Crippen LogP contribution in [0.3, 0.4) is 0 Å². The Balaban J connectivity index is 1.50. The molecule has 1 unspecified atom stereocenters. The van der Waals surface area contributed by atoms with E-state index in [1.165, 1.54) is 24.0 Å². The van der Waals surface area contributed by atoms with Crippen LogP contribution < -0.4 is 5.32 Å². The summed E-state index contributed by atoms with van der Waals surface area (Å²) >= 11 is 0. The van der Waals surface area contributed by atoms with E-state index in [-0.39, 0.29) is 5.91 Å². The molecule has 102 valence electrons. The number of rotatable bonds is 4. The normalized spacial score (nSPS) is 21.8. The standard InChI is InChI=1S/C16H22N2O/c1-18(15-8-9-15)16(19)11-17-14-7-6-12-4-2-3-5-13(12)10-14/h2-5,14-15,17H,6-11H2,1H3. The van der Waals surface area contributed by atoms with Crippen molar-refractivity contribution in [3.63, 3.8) is 0 Å². The molecular formula is C16H22N2O. The molecule has 0 heterocycles. The van der Waals surface area contributed by atoms with Crippen LogP contribution in [0.4, 0.5) is 0 Å². The number of hydrogen-bond acceptors (Lipinski definition) is 2. The minimum atomic E-state index is 0.237. The van der Waals surface area contributed by atoms with Gasteiger partial charge in [-0.05, 0) is 43.2 Å². The Bertz CT molecular complexity index is 468. The fourth-order valence-electron chi connectivity index (χ4n) is 2.89. The van der Waals surface area contributed by atoms with Crippen molar-refractivity contribution in [2.24, 2.45) is 0 Å². The lowest BCUT2D eigenvalue weighted by molar-refractivity contribution is -0.129. The van der Waals surface area contributed by atoms with Gasteiger partial charge in [-0.25, -0.2) is 0 Å². The van der Waals surface area contributed by atoms with E-state index in [1.54, 1.807) is 0 Å². The molecule has 1 amide bonds. The molecule has 3 rings (SSSR count). The summed E-state index contributed by atoms with van der Waals surface area (Å²) in [6, 6.07) is 9.61. The number of amides is 1. The summed E-state index contributed by atoms with van der Waals surface area (Å²) in [6.45, 7) is 0.486. The van der Waals surface area contributed by atoms with Gasteiger partial charge in [0.25, 0.3) is 0 Å². The molecule has 1 atom stereocenters. The fourth-order valence-corrected chi connectivity index (χ4v) is 2.89. The number of nitrogens with one attached hydrogen (secondary N) is 1. The van der Waals surface area contributed by atoms with Gasteiger partial charge in [0.05, 0.1) is 6.54 Å². The Morgan fingerprint density at radius 2 is 2.00 bits per heavy atom. The topological polar surface area (TPSA) is 32.3 Å². The van der Waals surface area contributed by atoms with E-state index in [0.29, 0.717) is 18.6 Å². The van der Waals surface area contributed by atoms with E-state index in [2.05, 4.69) is 29.6 Å². The molecule has 1 fully saturated rings. The monoisotopic (exact) mass is 258 g/mol. The molecule has 0 spiro atoms. The quantitative estimate of drug-likeness (QED) is 0.892. The van der Waals surface area contributed by atoms with Crippen LogP contribution in [-0.2, 0) is 17.6 Å². The summed E-state index contributed by atoms with van der Waals surface area (Å²) in [4.78, 5) is 13.9. The Morgan fingerprint density at radius 3 is 2.74 bits per heavy atom. The van der Waals surface area contributed by atoms with Gasteiger partial charge < -0.3 is 10.2 Å². The number of benzene rings is 1. The lowest BCUT2D eigenvalue weighted by Crippen LogP contribution is -2.42. The first-order valence-electron chi connectivity index (χ1n) is 7.30. The number of aryl methyl sites for hydroxylation is 1. The number of carbonyl (C=O) groups excluding carboxylic acids is 1. The minimum Gasteiger partial charge on any atom is -0.342 e. The molecular weight excluding hydrogens is 236 g/mol. The van der Waals surface area contributed by atoms with Crippen molar-refractivity contribution in [1.29, 1.82) is 0 Å². The second kappa shape index (κ2) is 5.33. The number of likely N-dealkylation sites (N-methyl/N-ethyl adjacent to an activating group) is 1. The first-order chi connectivity index (χ1) is 9.24. The van der Waals surface area contributed by atoms with Gasteiger partial charge >= 0.3 is 0 Å². The van der Waals surface area contributed by atoms with Crippen LogP contribution in [-0.4, -0.2) is 36.5 Å². The molecule has 2 aliphatic rings. The lowest BCUT2D eigenvalue weighted by atomic mass is 9.88. The zero-order valence-electron chi connectivity index (χ0n) is 11.6. The van der Waals surface area contributed by atoms with E-state index in [4.69, 9.17) is 0 Å². The van der Waals surface area contributed by atoms with Crippen molar-refractivity contribution < 1.29 is 4.79 Å². The third-order valence-electron chi connectivity index (χ3n) is 4.38. The van der Waals surface area contributed by atoms with Crippen molar-refractivity contribution >= 4 is 5.91 Å². The fraction of sp³-hybridized carbons (Fsp3) is 0.562. The van der Waals surface area contributed by atoms with Crippen LogP contribution in [0, 0.1) is 0 Å². The summed E-state index contributed by atoms with van der Waals surface area (Å²) < 4.78 is 0. The van der Waals surface area contributed by atoms with Gasteiger partial charge in [-0.2, -0.15) is 0 Å². The van der Waals surface area contributed by atoms with E-state index in [0.717, 1.165) is 19.3 Å². The van der Waals surface area contributed by atoms with Gasteiger partial charge in [0, 0.05) is 19.1 Å². The van der Waals surface area contributed by atoms with E-state index < -0.39 is 0 Å². The smallest absolute Gasteiger partial charge is 0.236 e. The van der Waals surface area contributed by atoms with E-state index >= 15 is 0 Å². The molecule has 3 nitrogen and oxygen atoms in total. The van der Waals surface area contributed by atoms with E-state index in [9.17, 15) is 4.79 Å². The zero-order chi connectivity index (χ0) is 13.2. The largest absolute Gasteiger partial charge is 0.342 e. The number of carbonyl (C=O) groups is 1. The van der Waals surface area contributed by atoms with Crippen molar-refractivity contribution in [2.45, 2.75) is 44.2 Å². The summed E-state index contributed by atoms with van der Waals surface area (Å²) in [5.41, 5.74) is 2.91. The van der Waals surface area contributed by atoms with Gasteiger partial charge in [0.1, 0.15) is 0 Å². The molecule has 3 heteroatoms. The van der Waals surface area contributed by atoms with Gasteiger partial charge in [-0.15, -0.1) is 0 Å². The van der Waals surface area contributed by atoms with Gasteiger partial charge in [-0.3, -0.25) is 4.79 Å². The highest BCUT2D eigenvalue weighted by Crippen LogP contribution is 2.25. The molecule has 1 N–H and O–H groups in total. The Labute approximate surface area is 115 Å². The predicted octanol–water partition coefficient (Wildman–Crippen LogP) is 1.75. The average Bonchev–Trinajstić information content (AvgIpc) is 3.28. The first-order valence-corrected chi connectivity index (χ1v) is 7.30. The zero-order valence-corrected chi connectivity index (χ0v) is 11.6. The van der Waals surface area contributed by atoms with Crippen LogP contribution in [0.1, 0.15) is 30.4 Å². The Hall–Kier alpha value is -1.35. The molecule has 0 bridgehead atoms. The highest BCUT2D eigenvalue weighted by molar-refractivity contribution is 5.78. The lowest BCUT2D eigenvalue weighted by Gasteiger charge is -2.26. The second-order valence-electron chi connectivity index (χ2n) is 5.83. The molecule has 19 heavy (non-hydrogen) atoms. The third kappa shape index (κ3) is 2.98. The maximum atomic E-state index is 12.0. The van der Waals surface area contributed by atoms with Gasteiger partial charge in [0.15, 0.2) is 0 Å². The van der Waals surface area contributed by atoms with Crippen LogP contribution in [0.25, 0.3) is 0 Å². The van der Waals surface area contributed by atoms with Crippen molar-refractivity contribution in [1.82, 2.24) is 10.2 Å². The minimum absolute atomic E-state index is 0.237. The Kier molecular flexibility index (Phi) is 3.56. The molecule has 0 aromatic heterocycles. The number of fused-ring (bicyclic) bond motifs is 1. The predicted molar refractivity (Wildman–Crippen MR) is 76.0 cm³/mol. The molecule has 2 aliphatic carbocycles. The number of nitrogens with zero attached hydrogens (tertiary/aromatic N) is 1. The molecule has 1 aromatic carbocycles. The van der Waals surface area contributed by atoms with Crippen LogP contribution in [0.2, 0.25) is 0 Å². The summed E-state index contributed by atoms with van der Waals surface area (Å²) in [7, 11) is 1.93. The Morgan fingerprint density at radius 1 is 1.26 bits per heavy atom. The molecule has 0 saturated heterocycles. The van der Waals surface area contributed by atoms with Gasteiger partial charge in [0.2, 0.25) is 5.91 Å². The molecule has 0 aliphatic heterocycles. The highest BCUT2D eigenvalue weighted by atomic mass is 16.2. The highest BCUT2D eigenvalue weighted by Gasteiger charge is 2.29.